The number of nitrogens with zero attached hydrogens (tertiary/aromatic N) is 2. The number of hydrogen-bond donors (Lipinski definition) is 2. The second-order valence-corrected chi connectivity index (χ2v) is 4.56. The fourth-order valence-corrected chi connectivity index (χ4v) is 1.96. The van der Waals surface area contributed by atoms with E-state index in [9.17, 15) is 25.1 Å². The number of nitro groups is 1. The van der Waals surface area contributed by atoms with Gasteiger partial charge in [0.25, 0.3) is 5.69 Å². The lowest BCUT2D eigenvalue weighted by atomic mass is 10.2. The molecule has 0 aromatic heterocycles. The molecule has 1 aromatic rings. The summed E-state index contributed by atoms with van der Waals surface area (Å²) in [6, 6.07) is 5.90. The van der Waals surface area contributed by atoms with Crippen molar-refractivity contribution in [2.45, 2.75) is 12.2 Å². The van der Waals surface area contributed by atoms with Crippen molar-refractivity contribution >= 4 is 17.7 Å². The molecular formula is C13H14N2O5. The highest BCUT2D eigenvalue weighted by Crippen LogP contribution is 2.15. The van der Waals surface area contributed by atoms with Gasteiger partial charge in [-0.25, -0.2) is 0 Å². The first kappa shape index (κ1) is 14.2. The van der Waals surface area contributed by atoms with E-state index < -0.39 is 17.1 Å². The Hall–Kier alpha value is -2.25. The van der Waals surface area contributed by atoms with Gasteiger partial charge in [-0.3, -0.25) is 14.9 Å². The summed E-state index contributed by atoms with van der Waals surface area (Å²) < 4.78 is 0. The molecule has 1 saturated heterocycles. The number of aliphatic hydroxyl groups excluding tert-OH is 2. The van der Waals surface area contributed by atoms with Gasteiger partial charge < -0.3 is 15.1 Å². The number of hydrogen-bond acceptors (Lipinski definition) is 5. The van der Waals surface area contributed by atoms with Crippen LogP contribution in [-0.2, 0) is 4.79 Å². The zero-order valence-corrected chi connectivity index (χ0v) is 10.5. The third kappa shape index (κ3) is 3.19. The lowest BCUT2D eigenvalue weighted by molar-refractivity contribution is -0.384. The Bertz CT molecular complexity index is 547. The smallest absolute Gasteiger partial charge is 0.270 e. The Morgan fingerprint density at radius 1 is 1.35 bits per heavy atom. The van der Waals surface area contributed by atoms with Crippen molar-refractivity contribution in [3.05, 3.63) is 46.0 Å². The van der Waals surface area contributed by atoms with Crippen LogP contribution in [0.4, 0.5) is 5.69 Å². The predicted molar refractivity (Wildman–Crippen MR) is 70.7 cm³/mol. The third-order valence-corrected chi connectivity index (χ3v) is 3.07. The van der Waals surface area contributed by atoms with Gasteiger partial charge in [0.15, 0.2) is 0 Å². The predicted octanol–water partition coefficient (Wildman–Crippen LogP) is 0.172. The number of rotatable bonds is 3. The number of carbonyl (C=O) groups excluding carboxylic acids is 1. The molecule has 1 aliphatic heterocycles. The number of carbonyl (C=O) groups is 1. The number of benzene rings is 1. The summed E-state index contributed by atoms with van der Waals surface area (Å²) in [5, 5.41) is 29.3. The van der Waals surface area contributed by atoms with E-state index in [-0.39, 0.29) is 24.7 Å². The fourth-order valence-electron chi connectivity index (χ4n) is 1.96. The van der Waals surface area contributed by atoms with Crippen molar-refractivity contribution in [1.29, 1.82) is 0 Å². The van der Waals surface area contributed by atoms with E-state index in [0.29, 0.717) is 5.56 Å². The zero-order chi connectivity index (χ0) is 14.7. The van der Waals surface area contributed by atoms with Crippen LogP contribution in [0.25, 0.3) is 6.08 Å². The van der Waals surface area contributed by atoms with E-state index in [1.165, 1.54) is 35.3 Å². The first-order valence-electron chi connectivity index (χ1n) is 6.05. The molecule has 1 heterocycles. The number of likely N-dealkylation sites (tertiary alicyclic amines) is 1. The molecule has 7 heteroatoms. The van der Waals surface area contributed by atoms with Gasteiger partial charge in [0.2, 0.25) is 5.91 Å². The lowest BCUT2D eigenvalue weighted by Gasteiger charge is -2.11. The molecule has 0 radical (unpaired) electrons. The minimum Gasteiger partial charge on any atom is -0.388 e. The average molecular weight is 278 g/mol. The maximum absolute atomic E-state index is 11.8. The van der Waals surface area contributed by atoms with Crippen LogP contribution in [0.1, 0.15) is 5.56 Å². The van der Waals surface area contributed by atoms with Crippen molar-refractivity contribution in [3.8, 4) is 0 Å². The molecule has 1 amide bonds. The van der Waals surface area contributed by atoms with Gasteiger partial charge in [-0.05, 0) is 11.6 Å². The van der Waals surface area contributed by atoms with E-state index in [2.05, 4.69) is 0 Å². The van der Waals surface area contributed by atoms with Crippen LogP contribution < -0.4 is 0 Å². The maximum Gasteiger partial charge on any atom is 0.270 e. The SMILES string of the molecule is O=C(/C=C/c1cccc([N+](=O)[O-])c1)N1CC(O)C(O)C1. The van der Waals surface area contributed by atoms with Crippen molar-refractivity contribution in [2.75, 3.05) is 13.1 Å². The third-order valence-electron chi connectivity index (χ3n) is 3.07. The normalized spacial score (nSPS) is 22.4. The van der Waals surface area contributed by atoms with E-state index >= 15 is 0 Å². The molecule has 0 bridgehead atoms. The number of non-ortho nitro benzene ring substituents is 1. The summed E-state index contributed by atoms with van der Waals surface area (Å²) in [5.41, 5.74) is 0.486. The zero-order valence-electron chi connectivity index (χ0n) is 10.5. The Morgan fingerprint density at radius 2 is 2.00 bits per heavy atom. The highest BCUT2D eigenvalue weighted by Gasteiger charge is 2.31. The molecule has 2 atom stereocenters. The van der Waals surface area contributed by atoms with Gasteiger partial charge in [0.05, 0.1) is 17.1 Å². The van der Waals surface area contributed by atoms with Crippen molar-refractivity contribution in [1.82, 2.24) is 4.90 Å². The van der Waals surface area contributed by atoms with Crippen LogP contribution in [0.2, 0.25) is 0 Å². The first-order valence-corrected chi connectivity index (χ1v) is 6.05. The van der Waals surface area contributed by atoms with Gasteiger partial charge in [0, 0.05) is 31.3 Å². The van der Waals surface area contributed by atoms with Gasteiger partial charge in [-0.1, -0.05) is 12.1 Å². The summed E-state index contributed by atoms with van der Waals surface area (Å²) in [4.78, 5) is 23.2. The topological polar surface area (TPSA) is 104 Å². The lowest BCUT2D eigenvalue weighted by Crippen LogP contribution is -2.27. The molecule has 1 fully saturated rings. The highest BCUT2D eigenvalue weighted by molar-refractivity contribution is 5.92. The molecule has 106 valence electrons. The molecule has 1 aromatic carbocycles. The summed E-state index contributed by atoms with van der Waals surface area (Å²) in [7, 11) is 0. The number of nitro benzene ring substituents is 1. The Labute approximate surface area is 114 Å². The number of aliphatic hydroxyl groups is 2. The summed E-state index contributed by atoms with van der Waals surface area (Å²) in [6.07, 6.45) is 0.881. The van der Waals surface area contributed by atoms with Gasteiger partial charge in [0.1, 0.15) is 0 Å². The van der Waals surface area contributed by atoms with E-state index in [1.807, 2.05) is 0 Å². The van der Waals surface area contributed by atoms with Crippen LogP contribution >= 0.6 is 0 Å². The summed E-state index contributed by atoms with van der Waals surface area (Å²) in [5.74, 6) is -0.355. The fraction of sp³-hybridized carbons (Fsp3) is 0.308. The second-order valence-electron chi connectivity index (χ2n) is 4.56. The number of amides is 1. The van der Waals surface area contributed by atoms with Crippen LogP contribution in [0.15, 0.2) is 30.3 Å². The Morgan fingerprint density at radius 3 is 2.60 bits per heavy atom. The standard InChI is InChI=1S/C13H14N2O5/c16-11-7-14(8-12(11)17)13(18)5-4-9-2-1-3-10(6-9)15(19)20/h1-6,11-12,16-17H,7-8H2/b5-4+. The van der Waals surface area contributed by atoms with Crippen LogP contribution in [0, 0.1) is 10.1 Å². The van der Waals surface area contributed by atoms with Gasteiger partial charge in [-0.2, -0.15) is 0 Å². The second kappa shape index (κ2) is 5.81. The Kier molecular flexibility index (Phi) is 4.11. The molecule has 1 aliphatic rings. The number of β-amino-alcohol motifs (C(OH)–C–C–N with tert-alkyl or cyclic N) is 2. The molecular weight excluding hydrogens is 264 g/mol. The minimum atomic E-state index is -0.926. The Balaban J connectivity index is 2.04. The van der Waals surface area contributed by atoms with Crippen molar-refractivity contribution < 1.29 is 19.9 Å². The van der Waals surface area contributed by atoms with Crippen molar-refractivity contribution in [3.63, 3.8) is 0 Å². The molecule has 2 unspecified atom stereocenters. The van der Waals surface area contributed by atoms with E-state index in [4.69, 9.17) is 0 Å². The molecule has 2 N–H and O–H groups in total. The molecule has 2 rings (SSSR count). The summed E-state index contributed by atoms with van der Waals surface area (Å²) >= 11 is 0. The maximum atomic E-state index is 11.8. The average Bonchev–Trinajstić information content (AvgIpc) is 2.76. The highest BCUT2D eigenvalue weighted by atomic mass is 16.6. The quantitative estimate of drug-likeness (QED) is 0.466. The minimum absolute atomic E-state index is 0.0494. The molecule has 0 aliphatic carbocycles. The van der Waals surface area contributed by atoms with E-state index in [1.54, 1.807) is 6.07 Å². The van der Waals surface area contributed by atoms with Crippen LogP contribution in [0.3, 0.4) is 0 Å². The van der Waals surface area contributed by atoms with Crippen molar-refractivity contribution in [2.24, 2.45) is 0 Å². The van der Waals surface area contributed by atoms with E-state index in [0.717, 1.165) is 0 Å². The molecule has 0 saturated carbocycles. The largest absolute Gasteiger partial charge is 0.388 e. The van der Waals surface area contributed by atoms with Gasteiger partial charge >= 0.3 is 0 Å². The molecule has 7 nitrogen and oxygen atoms in total. The van der Waals surface area contributed by atoms with Crippen LogP contribution in [0.5, 0.6) is 0 Å². The van der Waals surface area contributed by atoms with Gasteiger partial charge in [-0.15, -0.1) is 0 Å². The van der Waals surface area contributed by atoms with Crippen LogP contribution in [-0.4, -0.2) is 51.2 Å². The monoisotopic (exact) mass is 278 g/mol. The first-order chi connectivity index (χ1) is 9.47. The summed E-state index contributed by atoms with van der Waals surface area (Å²) in [6.45, 7) is 0.165. The molecule has 20 heavy (non-hydrogen) atoms. The molecule has 0 spiro atoms.